The van der Waals surface area contributed by atoms with Crippen molar-refractivity contribution in [3.05, 3.63) is 0 Å². The lowest BCUT2D eigenvalue weighted by Gasteiger charge is -2.09. The summed E-state index contributed by atoms with van der Waals surface area (Å²) < 4.78 is 0. The van der Waals surface area contributed by atoms with Crippen LogP contribution in [0.1, 0.15) is 19.3 Å². The summed E-state index contributed by atoms with van der Waals surface area (Å²) in [6.07, 6.45) is 4.67. The highest BCUT2D eigenvalue weighted by Crippen LogP contribution is 2.20. The maximum atomic E-state index is 9.14. The third-order valence-corrected chi connectivity index (χ3v) is 3.00. The predicted molar refractivity (Wildman–Crippen MR) is 61.7 cm³/mol. The van der Waals surface area contributed by atoms with Gasteiger partial charge in [-0.25, -0.2) is 0 Å². The van der Waals surface area contributed by atoms with Crippen LogP contribution in [0.4, 0.5) is 0 Å². The average Bonchev–Trinajstić information content (AvgIpc) is 2.53. The van der Waals surface area contributed by atoms with Crippen LogP contribution >= 0.6 is 0 Å². The Balaban J connectivity index is 2.04. The van der Waals surface area contributed by atoms with Crippen molar-refractivity contribution >= 4 is 6.92 Å². The Bertz CT molecular complexity index is 155. The second-order valence-electron chi connectivity index (χ2n) is 4.54. The van der Waals surface area contributed by atoms with Crippen molar-refractivity contribution < 1.29 is 5.02 Å². The lowest BCUT2D eigenvalue weighted by molar-refractivity contribution is 0.491. The first-order valence-corrected chi connectivity index (χ1v) is 5.78. The van der Waals surface area contributed by atoms with E-state index in [-0.39, 0.29) is 6.92 Å². The summed E-state index contributed by atoms with van der Waals surface area (Å²) in [6, 6.07) is 0.663. The molecule has 1 rings (SSSR count). The minimum Gasteiger partial charge on any atom is -0.451 e. The molecule has 0 spiro atoms. The fourth-order valence-corrected chi connectivity index (χ4v) is 2.23. The first-order valence-electron chi connectivity index (χ1n) is 5.78. The van der Waals surface area contributed by atoms with E-state index in [1.54, 1.807) is 0 Å². The minimum atomic E-state index is -0.127. The van der Waals surface area contributed by atoms with Crippen molar-refractivity contribution in [2.75, 3.05) is 20.1 Å². The van der Waals surface area contributed by atoms with E-state index >= 15 is 0 Å². The van der Waals surface area contributed by atoms with Crippen molar-refractivity contribution in [2.45, 2.75) is 38.4 Å². The van der Waals surface area contributed by atoms with Crippen LogP contribution in [0.3, 0.4) is 0 Å². The van der Waals surface area contributed by atoms with Crippen molar-refractivity contribution in [1.82, 2.24) is 10.6 Å². The van der Waals surface area contributed by atoms with Crippen molar-refractivity contribution in [3.8, 4) is 0 Å². The van der Waals surface area contributed by atoms with Gasteiger partial charge in [0, 0.05) is 12.6 Å². The van der Waals surface area contributed by atoms with Gasteiger partial charge in [-0.2, -0.15) is 0 Å². The zero-order chi connectivity index (χ0) is 10.4. The van der Waals surface area contributed by atoms with E-state index in [1.807, 2.05) is 13.9 Å². The van der Waals surface area contributed by atoms with Gasteiger partial charge >= 0.3 is 0 Å². The van der Waals surface area contributed by atoms with Gasteiger partial charge in [0.15, 0.2) is 0 Å². The molecule has 3 N–H and O–H groups in total. The van der Waals surface area contributed by atoms with Gasteiger partial charge in [-0.15, -0.1) is 0 Å². The molecule has 0 aliphatic carbocycles. The Morgan fingerprint density at radius 2 is 2.36 bits per heavy atom. The predicted octanol–water partition coefficient (Wildman–Crippen LogP) is 0.578. The van der Waals surface area contributed by atoms with Gasteiger partial charge < -0.3 is 15.7 Å². The molecule has 0 radical (unpaired) electrons. The quantitative estimate of drug-likeness (QED) is 0.547. The van der Waals surface area contributed by atoms with Crippen LogP contribution in [0, 0.1) is 5.92 Å². The van der Waals surface area contributed by atoms with E-state index in [0.29, 0.717) is 6.04 Å². The highest BCUT2D eigenvalue weighted by atomic mass is 16.2. The second-order valence-corrected chi connectivity index (χ2v) is 4.54. The monoisotopic (exact) mass is 198 g/mol. The molecule has 0 amide bonds. The minimum absolute atomic E-state index is 0.127. The Morgan fingerprint density at radius 1 is 1.57 bits per heavy atom. The SMILES string of the molecule is CNCC1CC(CCCB(C)O)CN1. The molecule has 1 saturated heterocycles. The molecular weight excluding hydrogens is 175 g/mol. The van der Waals surface area contributed by atoms with Crippen LogP contribution in [0.5, 0.6) is 0 Å². The molecule has 3 nitrogen and oxygen atoms in total. The zero-order valence-corrected chi connectivity index (χ0v) is 9.42. The standard InChI is InChI=1S/C10H23BN2O/c1-11(14)5-3-4-9-6-10(8-12-2)13-7-9/h9-10,12-14H,3-8H2,1-2H3. The molecular formula is C10H23BN2O. The normalized spacial score (nSPS) is 26.8. The van der Waals surface area contributed by atoms with E-state index < -0.39 is 0 Å². The van der Waals surface area contributed by atoms with Crippen LogP contribution in [-0.4, -0.2) is 38.1 Å². The maximum Gasteiger partial charge on any atom is 0.285 e. The van der Waals surface area contributed by atoms with Crippen molar-refractivity contribution in [3.63, 3.8) is 0 Å². The molecule has 1 heterocycles. The molecule has 0 bridgehead atoms. The Kier molecular flexibility index (Phi) is 5.52. The summed E-state index contributed by atoms with van der Waals surface area (Å²) in [7, 11) is 2.00. The Morgan fingerprint density at radius 3 is 3.00 bits per heavy atom. The summed E-state index contributed by atoms with van der Waals surface area (Å²) in [4.78, 5) is 0. The summed E-state index contributed by atoms with van der Waals surface area (Å²) in [5.74, 6) is 0.826. The van der Waals surface area contributed by atoms with E-state index in [2.05, 4.69) is 10.6 Å². The van der Waals surface area contributed by atoms with Crippen LogP contribution in [0.15, 0.2) is 0 Å². The van der Waals surface area contributed by atoms with Gasteiger partial charge in [-0.3, -0.25) is 0 Å². The lowest BCUT2D eigenvalue weighted by Crippen LogP contribution is -2.31. The number of rotatable bonds is 6. The van der Waals surface area contributed by atoms with Gasteiger partial charge in [0.25, 0.3) is 6.92 Å². The highest BCUT2D eigenvalue weighted by Gasteiger charge is 2.22. The first-order chi connectivity index (χ1) is 6.72. The van der Waals surface area contributed by atoms with E-state index in [9.17, 15) is 0 Å². The Hall–Kier alpha value is -0.0551. The average molecular weight is 198 g/mol. The molecule has 1 aliphatic heterocycles. The summed E-state index contributed by atoms with van der Waals surface area (Å²) in [5.41, 5.74) is 0. The molecule has 2 unspecified atom stereocenters. The molecule has 82 valence electrons. The highest BCUT2D eigenvalue weighted by molar-refractivity contribution is 6.48. The fraction of sp³-hybridized carbons (Fsp3) is 1.00. The third kappa shape index (κ3) is 4.44. The van der Waals surface area contributed by atoms with Gasteiger partial charge in [0.05, 0.1) is 0 Å². The van der Waals surface area contributed by atoms with E-state index in [4.69, 9.17) is 5.02 Å². The Labute approximate surface area is 87.8 Å². The van der Waals surface area contributed by atoms with E-state index in [0.717, 1.165) is 31.7 Å². The number of hydrogen-bond donors (Lipinski definition) is 3. The van der Waals surface area contributed by atoms with Crippen LogP contribution in [0.2, 0.25) is 13.1 Å². The molecule has 0 aromatic heterocycles. The van der Waals surface area contributed by atoms with Gasteiger partial charge in [0.1, 0.15) is 0 Å². The van der Waals surface area contributed by atoms with Crippen LogP contribution in [0.25, 0.3) is 0 Å². The number of likely N-dealkylation sites (N-methyl/N-ethyl adjacent to an activating group) is 1. The van der Waals surface area contributed by atoms with Gasteiger partial charge in [0.2, 0.25) is 0 Å². The molecule has 1 aliphatic rings. The maximum absolute atomic E-state index is 9.14. The van der Waals surface area contributed by atoms with Crippen molar-refractivity contribution in [1.29, 1.82) is 0 Å². The molecule has 2 atom stereocenters. The van der Waals surface area contributed by atoms with Crippen LogP contribution < -0.4 is 10.6 Å². The molecule has 14 heavy (non-hydrogen) atoms. The van der Waals surface area contributed by atoms with Crippen molar-refractivity contribution in [2.24, 2.45) is 5.92 Å². The molecule has 0 aromatic rings. The zero-order valence-electron chi connectivity index (χ0n) is 9.42. The molecule has 1 fully saturated rings. The third-order valence-electron chi connectivity index (χ3n) is 3.00. The summed E-state index contributed by atoms with van der Waals surface area (Å²) in [5, 5.41) is 15.9. The lowest BCUT2D eigenvalue weighted by atomic mass is 9.66. The largest absolute Gasteiger partial charge is 0.451 e. The smallest absolute Gasteiger partial charge is 0.285 e. The molecule has 4 heteroatoms. The number of hydrogen-bond acceptors (Lipinski definition) is 3. The molecule has 0 saturated carbocycles. The first kappa shape index (κ1) is 12.0. The van der Waals surface area contributed by atoms with Crippen LogP contribution in [-0.2, 0) is 0 Å². The summed E-state index contributed by atoms with van der Waals surface area (Å²) in [6.45, 7) is 3.98. The molecule has 0 aromatic carbocycles. The van der Waals surface area contributed by atoms with E-state index in [1.165, 1.54) is 12.8 Å². The topological polar surface area (TPSA) is 44.3 Å². The second kappa shape index (κ2) is 6.43. The number of nitrogens with one attached hydrogen (secondary N) is 2. The van der Waals surface area contributed by atoms with Gasteiger partial charge in [-0.1, -0.05) is 13.2 Å². The van der Waals surface area contributed by atoms with Gasteiger partial charge in [-0.05, 0) is 38.7 Å². The summed E-state index contributed by atoms with van der Waals surface area (Å²) >= 11 is 0. The fourth-order valence-electron chi connectivity index (χ4n) is 2.23.